The van der Waals surface area contributed by atoms with Crippen LogP contribution in [0.2, 0.25) is 0 Å². The standard InChI is InChI=1S/C23H30N2O3/c1-17-5-4-6-20(13-17)21(25-9-11-27-12-10-25)15-24-23(26)16-28-22-14-18(2)7-8-19(22)3/h4-8,13-14,21H,9-12,15-16H2,1-3H3,(H,24,26). The maximum absolute atomic E-state index is 12.4. The summed E-state index contributed by atoms with van der Waals surface area (Å²) in [4.78, 5) is 14.8. The molecule has 28 heavy (non-hydrogen) atoms. The molecule has 150 valence electrons. The van der Waals surface area contributed by atoms with Gasteiger partial charge in [0.1, 0.15) is 5.75 Å². The topological polar surface area (TPSA) is 50.8 Å². The number of morpholine rings is 1. The quantitative estimate of drug-likeness (QED) is 0.799. The highest BCUT2D eigenvalue weighted by Crippen LogP contribution is 2.22. The van der Waals surface area contributed by atoms with Crippen molar-refractivity contribution in [2.75, 3.05) is 39.5 Å². The predicted octanol–water partition coefficient (Wildman–Crippen LogP) is 3.18. The van der Waals surface area contributed by atoms with Gasteiger partial charge in [-0.05, 0) is 43.5 Å². The number of carbonyl (C=O) groups is 1. The van der Waals surface area contributed by atoms with Crippen LogP contribution in [0.5, 0.6) is 5.75 Å². The number of carbonyl (C=O) groups excluding carboxylic acids is 1. The monoisotopic (exact) mass is 382 g/mol. The molecule has 0 spiro atoms. The molecule has 0 radical (unpaired) electrons. The van der Waals surface area contributed by atoms with Crippen LogP contribution in [0.1, 0.15) is 28.3 Å². The molecule has 1 N–H and O–H groups in total. The van der Waals surface area contributed by atoms with Gasteiger partial charge in [0.2, 0.25) is 0 Å². The van der Waals surface area contributed by atoms with Crippen LogP contribution in [0.15, 0.2) is 42.5 Å². The van der Waals surface area contributed by atoms with E-state index in [1.54, 1.807) is 0 Å². The van der Waals surface area contributed by atoms with Crippen LogP contribution in [0, 0.1) is 20.8 Å². The first-order valence-corrected chi connectivity index (χ1v) is 9.88. The highest BCUT2D eigenvalue weighted by atomic mass is 16.5. The average molecular weight is 383 g/mol. The van der Waals surface area contributed by atoms with E-state index in [-0.39, 0.29) is 18.6 Å². The first-order chi connectivity index (χ1) is 13.5. The van der Waals surface area contributed by atoms with E-state index < -0.39 is 0 Å². The van der Waals surface area contributed by atoms with Gasteiger partial charge in [-0.25, -0.2) is 0 Å². The Labute approximate surface area is 167 Å². The number of hydrogen-bond acceptors (Lipinski definition) is 4. The number of hydrogen-bond donors (Lipinski definition) is 1. The number of rotatable bonds is 7. The van der Waals surface area contributed by atoms with E-state index in [2.05, 4.69) is 41.4 Å². The van der Waals surface area contributed by atoms with Gasteiger partial charge in [0.25, 0.3) is 5.91 Å². The predicted molar refractivity (Wildman–Crippen MR) is 111 cm³/mol. The van der Waals surface area contributed by atoms with Crippen molar-refractivity contribution in [2.45, 2.75) is 26.8 Å². The fourth-order valence-corrected chi connectivity index (χ4v) is 3.49. The highest BCUT2D eigenvalue weighted by Gasteiger charge is 2.23. The lowest BCUT2D eigenvalue weighted by molar-refractivity contribution is -0.123. The Balaban J connectivity index is 1.60. The van der Waals surface area contributed by atoms with Crippen LogP contribution in [0.3, 0.4) is 0 Å². The molecular formula is C23H30N2O3. The van der Waals surface area contributed by atoms with E-state index in [1.165, 1.54) is 11.1 Å². The fourth-order valence-electron chi connectivity index (χ4n) is 3.49. The van der Waals surface area contributed by atoms with Crippen LogP contribution in [-0.4, -0.2) is 50.3 Å². The van der Waals surface area contributed by atoms with Gasteiger partial charge in [0.15, 0.2) is 6.61 Å². The highest BCUT2D eigenvalue weighted by molar-refractivity contribution is 5.77. The Kier molecular flexibility index (Phi) is 7.06. The fraction of sp³-hybridized carbons (Fsp3) is 0.435. The second kappa shape index (κ2) is 9.71. The molecule has 1 aliphatic rings. The summed E-state index contributed by atoms with van der Waals surface area (Å²) < 4.78 is 11.2. The second-order valence-corrected chi connectivity index (χ2v) is 7.44. The molecule has 1 saturated heterocycles. The largest absolute Gasteiger partial charge is 0.483 e. The van der Waals surface area contributed by atoms with E-state index in [9.17, 15) is 4.79 Å². The van der Waals surface area contributed by atoms with Crippen molar-refractivity contribution in [2.24, 2.45) is 0 Å². The zero-order valence-electron chi connectivity index (χ0n) is 17.0. The van der Waals surface area contributed by atoms with Gasteiger partial charge >= 0.3 is 0 Å². The zero-order chi connectivity index (χ0) is 19.9. The number of aryl methyl sites for hydroxylation is 3. The summed E-state index contributed by atoms with van der Waals surface area (Å²) in [7, 11) is 0. The lowest BCUT2D eigenvalue weighted by atomic mass is 10.0. The van der Waals surface area contributed by atoms with Crippen molar-refractivity contribution in [3.8, 4) is 5.75 Å². The number of amides is 1. The molecule has 2 aromatic rings. The average Bonchev–Trinajstić information content (AvgIpc) is 2.70. The van der Waals surface area contributed by atoms with Gasteiger partial charge in [-0.3, -0.25) is 9.69 Å². The minimum absolute atomic E-state index is 0.0218. The van der Waals surface area contributed by atoms with E-state index in [0.29, 0.717) is 6.54 Å². The van der Waals surface area contributed by atoms with Gasteiger partial charge in [0.05, 0.1) is 19.3 Å². The first kappa shape index (κ1) is 20.4. The van der Waals surface area contributed by atoms with E-state index in [4.69, 9.17) is 9.47 Å². The summed E-state index contributed by atoms with van der Waals surface area (Å²) in [6.45, 7) is 9.86. The molecular weight excluding hydrogens is 352 g/mol. The zero-order valence-corrected chi connectivity index (χ0v) is 17.0. The third-order valence-corrected chi connectivity index (χ3v) is 5.11. The van der Waals surface area contributed by atoms with Crippen molar-refractivity contribution in [3.63, 3.8) is 0 Å². The SMILES string of the molecule is Cc1cccc(C(CNC(=O)COc2cc(C)ccc2C)N2CCOCC2)c1. The van der Waals surface area contributed by atoms with Gasteiger partial charge in [0, 0.05) is 19.6 Å². The minimum atomic E-state index is -0.105. The van der Waals surface area contributed by atoms with Crippen LogP contribution in [0.25, 0.3) is 0 Å². The summed E-state index contributed by atoms with van der Waals surface area (Å²) in [6, 6.07) is 14.6. The van der Waals surface area contributed by atoms with Crippen molar-refractivity contribution in [1.29, 1.82) is 0 Å². The molecule has 5 heteroatoms. The van der Waals surface area contributed by atoms with Crippen molar-refractivity contribution < 1.29 is 14.3 Å². The first-order valence-electron chi connectivity index (χ1n) is 9.88. The third kappa shape index (κ3) is 5.57. The molecule has 1 aliphatic heterocycles. The molecule has 5 nitrogen and oxygen atoms in total. The summed E-state index contributed by atoms with van der Waals surface area (Å²) in [5.74, 6) is 0.658. The van der Waals surface area contributed by atoms with Crippen LogP contribution in [-0.2, 0) is 9.53 Å². The number of ether oxygens (including phenoxy) is 2. The molecule has 0 aliphatic carbocycles. The normalized spacial score (nSPS) is 15.8. The second-order valence-electron chi connectivity index (χ2n) is 7.44. The summed E-state index contributed by atoms with van der Waals surface area (Å²) >= 11 is 0. The molecule has 2 aromatic carbocycles. The van der Waals surface area contributed by atoms with Crippen LogP contribution < -0.4 is 10.1 Å². The molecule has 1 atom stereocenters. The lowest BCUT2D eigenvalue weighted by Crippen LogP contribution is -2.44. The van der Waals surface area contributed by atoms with Gasteiger partial charge in [-0.1, -0.05) is 42.0 Å². The number of nitrogens with zero attached hydrogens (tertiary/aromatic N) is 1. The number of benzene rings is 2. The summed E-state index contributed by atoms with van der Waals surface area (Å²) in [5, 5.41) is 3.06. The summed E-state index contributed by atoms with van der Waals surface area (Å²) in [6.07, 6.45) is 0. The molecule has 0 bridgehead atoms. The van der Waals surface area contributed by atoms with E-state index in [0.717, 1.165) is 43.2 Å². The maximum Gasteiger partial charge on any atom is 0.258 e. The maximum atomic E-state index is 12.4. The lowest BCUT2D eigenvalue weighted by Gasteiger charge is -2.35. The Bertz CT molecular complexity index is 800. The van der Waals surface area contributed by atoms with Gasteiger partial charge in [-0.15, -0.1) is 0 Å². The van der Waals surface area contributed by atoms with Gasteiger partial charge in [-0.2, -0.15) is 0 Å². The smallest absolute Gasteiger partial charge is 0.258 e. The Hall–Kier alpha value is -2.37. The molecule has 0 saturated carbocycles. The molecule has 1 fully saturated rings. The van der Waals surface area contributed by atoms with Crippen LogP contribution >= 0.6 is 0 Å². The van der Waals surface area contributed by atoms with Gasteiger partial charge < -0.3 is 14.8 Å². The van der Waals surface area contributed by atoms with E-state index in [1.807, 2.05) is 32.0 Å². The molecule has 1 unspecified atom stereocenters. The Morgan fingerprint density at radius 3 is 2.61 bits per heavy atom. The summed E-state index contributed by atoms with van der Waals surface area (Å²) in [5.41, 5.74) is 4.59. The van der Waals surface area contributed by atoms with Crippen molar-refractivity contribution >= 4 is 5.91 Å². The van der Waals surface area contributed by atoms with Crippen LogP contribution in [0.4, 0.5) is 0 Å². The minimum Gasteiger partial charge on any atom is -0.483 e. The Morgan fingerprint density at radius 2 is 1.86 bits per heavy atom. The third-order valence-electron chi connectivity index (χ3n) is 5.11. The molecule has 3 rings (SSSR count). The van der Waals surface area contributed by atoms with E-state index >= 15 is 0 Å². The molecule has 1 heterocycles. The molecule has 0 aromatic heterocycles. The Morgan fingerprint density at radius 1 is 1.11 bits per heavy atom. The van der Waals surface area contributed by atoms with Crippen molar-refractivity contribution in [1.82, 2.24) is 10.2 Å². The number of nitrogens with one attached hydrogen (secondary N) is 1. The van der Waals surface area contributed by atoms with Crippen molar-refractivity contribution in [3.05, 3.63) is 64.7 Å². The molecule has 1 amide bonds.